The van der Waals surface area contributed by atoms with Crippen molar-refractivity contribution in [3.8, 4) is 5.75 Å². The van der Waals surface area contributed by atoms with Gasteiger partial charge >= 0.3 is 5.69 Å². The molecular weight excluding hydrogens is 310 g/mol. The quantitative estimate of drug-likeness (QED) is 0.394. The van der Waals surface area contributed by atoms with Crippen LogP contribution in [0.15, 0.2) is 28.1 Å². The Bertz CT molecular complexity index is 871. The summed E-state index contributed by atoms with van der Waals surface area (Å²) in [6.07, 6.45) is 1.29. The normalized spacial score (nSPS) is 10.8. The van der Waals surface area contributed by atoms with Crippen LogP contribution in [0.1, 0.15) is 11.3 Å². The van der Waals surface area contributed by atoms with Crippen LogP contribution in [0.3, 0.4) is 0 Å². The average Bonchev–Trinajstić information content (AvgIpc) is 2.50. The van der Waals surface area contributed by atoms with Crippen LogP contribution < -0.4 is 10.3 Å². The molecule has 0 spiro atoms. The standard InChI is InChI=1S/C12H11N5O4S/c1-7-11(18)16(12(22)15-14-7)13-6-8-3-4-10(21-2)9(5-8)17(19)20/h3-6H,1-2H3,(H,15,22)/b13-6+. The molecule has 1 aromatic heterocycles. The number of nitro benzene ring substituents is 1. The van der Waals surface area contributed by atoms with Crippen LogP contribution in [0, 0.1) is 21.8 Å². The van der Waals surface area contributed by atoms with Crippen molar-refractivity contribution in [3.63, 3.8) is 0 Å². The van der Waals surface area contributed by atoms with Crippen LogP contribution in [0.2, 0.25) is 0 Å². The molecule has 0 unspecified atom stereocenters. The fourth-order valence-corrected chi connectivity index (χ4v) is 1.81. The first-order chi connectivity index (χ1) is 10.4. The molecule has 1 heterocycles. The number of hydrogen-bond donors (Lipinski definition) is 1. The summed E-state index contributed by atoms with van der Waals surface area (Å²) in [4.78, 5) is 22.2. The van der Waals surface area contributed by atoms with Crippen molar-refractivity contribution in [2.45, 2.75) is 6.92 Å². The second-order valence-electron chi connectivity index (χ2n) is 4.16. The summed E-state index contributed by atoms with van der Waals surface area (Å²) in [7, 11) is 1.34. The molecule has 0 bridgehead atoms. The molecule has 0 aliphatic heterocycles. The Morgan fingerprint density at radius 3 is 2.91 bits per heavy atom. The maximum atomic E-state index is 11.9. The Labute approximate surface area is 129 Å². The number of H-pyrrole nitrogens is 1. The van der Waals surface area contributed by atoms with E-state index in [2.05, 4.69) is 15.3 Å². The lowest BCUT2D eigenvalue weighted by Gasteiger charge is -2.02. The monoisotopic (exact) mass is 321 g/mol. The largest absolute Gasteiger partial charge is 0.490 e. The Balaban J connectivity index is 2.46. The fourth-order valence-electron chi connectivity index (χ4n) is 1.63. The van der Waals surface area contributed by atoms with E-state index in [0.29, 0.717) is 5.56 Å². The van der Waals surface area contributed by atoms with Crippen LogP contribution in [0.4, 0.5) is 5.69 Å². The van der Waals surface area contributed by atoms with Gasteiger partial charge in [0.2, 0.25) is 4.77 Å². The van der Waals surface area contributed by atoms with Gasteiger partial charge in [-0.2, -0.15) is 14.9 Å². The maximum absolute atomic E-state index is 11.9. The van der Waals surface area contributed by atoms with E-state index in [0.717, 1.165) is 4.68 Å². The minimum absolute atomic E-state index is 0.0230. The Kier molecular flexibility index (Phi) is 4.41. The van der Waals surface area contributed by atoms with Crippen molar-refractivity contribution < 1.29 is 9.66 Å². The minimum atomic E-state index is -0.564. The van der Waals surface area contributed by atoms with Crippen molar-refractivity contribution in [3.05, 3.63) is 54.7 Å². The zero-order valence-electron chi connectivity index (χ0n) is 11.6. The van der Waals surface area contributed by atoms with Gasteiger partial charge in [-0.15, -0.1) is 0 Å². The summed E-state index contributed by atoms with van der Waals surface area (Å²) >= 11 is 4.92. The number of nitrogens with one attached hydrogen (secondary N) is 1. The summed E-state index contributed by atoms with van der Waals surface area (Å²) in [6.45, 7) is 1.51. The highest BCUT2D eigenvalue weighted by atomic mass is 32.1. The zero-order valence-corrected chi connectivity index (χ0v) is 12.5. The van der Waals surface area contributed by atoms with Gasteiger partial charge in [0.25, 0.3) is 5.56 Å². The first kappa shape index (κ1) is 15.5. The van der Waals surface area contributed by atoms with Crippen molar-refractivity contribution in [2.75, 3.05) is 7.11 Å². The number of aromatic amines is 1. The van der Waals surface area contributed by atoms with Crippen LogP contribution in [-0.2, 0) is 0 Å². The first-order valence-corrected chi connectivity index (χ1v) is 6.40. The molecule has 2 rings (SSSR count). The van der Waals surface area contributed by atoms with Crippen LogP contribution >= 0.6 is 12.2 Å². The van der Waals surface area contributed by atoms with Gasteiger partial charge < -0.3 is 4.74 Å². The van der Waals surface area contributed by atoms with Gasteiger partial charge in [-0.05, 0) is 31.3 Å². The van der Waals surface area contributed by atoms with Gasteiger partial charge in [0.05, 0.1) is 18.2 Å². The predicted molar refractivity (Wildman–Crippen MR) is 81.1 cm³/mol. The molecule has 0 fully saturated rings. The van der Waals surface area contributed by atoms with E-state index >= 15 is 0 Å². The summed E-state index contributed by atoms with van der Waals surface area (Å²) in [6, 6.07) is 4.30. The molecule has 0 amide bonds. The maximum Gasteiger partial charge on any atom is 0.311 e. The van der Waals surface area contributed by atoms with Crippen LogP contribution in [0.25, 0.3) is 0 Å². The number of aryl methyl sites for hydroxylation is 1. The van der Waals surface area contributed by atoms with E-state index in [-0.39, 0.29) is 21.9 Å². The minimum Gasteiger partial charge on any atom is -0.490 e. The highest BCUT2D eigenvalue weighted by molar-refractivity contribution is 7.71. The highest BCUT2D eigenvalue weighted by Gasteiger charge is 2.14. The molecule has 2 aromatic rings. The van der Waals surface area contributed by atoms with Gasteiger partial charge in [0.15, 0.2) is 5.75 Å². The predicted octanol–water partition coefficient (Wildman–Crippen LogP) is 1.41. The molecule has 0 aliphatic rings. The van der Waals surface area contributed by atoms with Gasteiger partial charge in [-0.25, -0.2) is 0 Å². The Hall–Kier alpha value is -2.88. The van der Waals surface area contributed by atoms with E-state index in [1.54, 1.807) is 6.07 Å². The number of benzene rings is 1. The van der Waals surface area contributed by atoms with E-state index in [9.17, 15) is 14.9 Å². The van der Waals surface area contributed by atoms with E-state index in [1.165, 1.54) is 32.4 Å². The zero-order chi connectivity index (χ0) is 16.3. The lowest BCUT2D eigenvalue weighted by Crippen LogP contribution is -2.22. The third-order valence-corrected chi connectivity index (χ3v) is 3.00. The molecule has 9 nitrogen and oxygen atoms in total. The molecule has 0 atom stereocenters. The Morgan fingerprint density at radius 1 is 1.55 bits per heavy atom. The number of methoxy groups -OCH3 is 1. The van der Waals surface area contributed by atoms with E-state index < -0.39 is 10.5 Å². The number of ether oxygens (including phenoxy) is 1. The number of nitrogens with zero attached hydrogens (tertiary/aromatic N) is 4. The summed E-state index contributed by atoms with van der Waals surface area (Å²) in [5, 5.41) is 21.1. The van der Waals surface area contributed by atoms with Gasteiger partial charge in [-0.3, -0.25) is 20.0 Å². The lowest BCUT2D eigenvalue weighted by atomic mass is 10.2. The summed E-state index contributed by atoms with van der Waals surface area (Å²) < 4.78 is 5.88. The number of rotatable bonds is 4. The molecule has 0 aliphatic carbocycles. The first-order valence-electron chi connectivity index (χ1n) is 5.99. The van der Waals surface area contributed by atoms with E-state index in [1.807, 2.05) is 0 Å². The van der Waals surface area contributed by atoms with E-state index in [4.69, 9.17) is 17.0 Å². The topological polar surface area (TPSA) is 115 Å². The molecule has 114 valence electrons. The second-order valence-corrected chi connectivity index (χ2v) is 4.55. The lowest BCUT2D eigenvalue weighted by molar-refractivity contribution is -0.385. The highest BCUT2D eigenvalue weighted by Crippen LogP contribution is 2.26. The van der Waals surface area contributed by atoms with Crippen molar-refractivity contribution in [2.24, 2.45) is 5.10 Å². The van der Waals surface area contributed by atoms with Gasteiger partial charge in [0.1, 0.15) is 5.69 Å². The van der Waals surface area contributed by atoms with Gasteiger partial charge in [-0.1, -0.05) is 0 Å². The average molecular weight is 321 g/mol. The molecule has 1 N–H and O–H groups in total. The number of aromatic nitrogens is 3. The SMILES string of the molecule is COc1ccc(/C=N/n2c(=S)[nH]nc(C)c2=O)cc1[N+](=O)[O-]. The summed E-state index contributed by atoms with van der Waals surface area (Å²) in [5.74, 6) is 0.136. The molecule has 1 aromatic carbocycles. The Morgan fingerprint density at radius 2 is 2.27 bits per heavy atom. The summed E-state index contributed by atoms with van der Waals surface area (Å²) in [5.41, 5.74) is -0.0485. The van der Waals surface area contributed by atoms with Crippen molar-refractivity contribution >= 4 is 24.1 Å². The van der Waals surface area contributed by atoms with Crippen LogP contribution in [-0.4, -0.2) is 33.1 Å². The smallest absolute Gasteiger partial charge is 0.311 e. The second kappa shape index (κ2) is 6.26. The molecule has 0 radical (unpaired) electrons. The van der Waals surface area contributed by atoms with Crippen molar-refractivity contribution in [1.29, 1.82) is 0 Å². The number of hydrogen-bond acceptors (Lipinski definition) is 7. The van der Waals surface area contributed by atoms with Crippen LogP contribution in [0.5, 0.6) is 5.75 Å². The van der Waals surface area contributed by atoms with Gasteiger partial charge in [0, 0.05) is 11.6 Å². The number of nitro groups is 1. The molecular formula is C12H11N5O4S. The molecule has 22 heavy (non-hydrogen) atoms. The molecule has 0 saturated heterocycles. The molecule has 0 saturated carbocycles. The third kappa shape index (κ3) is 3.06. The molecule has 10 heteroatoms. The fraction of sp³-hybridized carbons (Fsp3) is 0.167. The third-order valence-electron chi connectivity index (χ3n) is 2.74. The van der Waals surface area contributed by atoms with Crippen molar-refractivity contribution in [1.82, 2.24) is 14.9 Å².